The fourth-order valence-corrected chi connectivity index (χ4v) is 7.15. The van der Waals surface area contributed by atoms with E-state index in [2.05, 4.69) is 216 Å². The van der Waals surface area contributed by atoms with E-state index in [4.69, 9.17) is 0 Å². The summed E-state index contributed by atoms with van der Waals surface area (Å²) < 4.78 is 2.41. The Balaban J connectivity index is 1.11. The van der Waals surface area contributed by atoms with Crippen molar-refractivity contribution in [2.45, 2.75) is 0 Å². The molecule has 0 aliphatic heterocycles. The normalized spacial score (nSPS) is 11.2. The van der Waals surface area contributed by atoms with E-state index in [0.717, 1.165) is 22.7 Å². The van der Waals surface area contributed by atoms with Crippen molar-refractivity contribution in [3.8, 4) is 39.1 Å². The van der Waals surface area contributed by atoms with Crippen molar-refractivity contribution in [2.75, 3.05) is 4.90 Å². The summed E-state index contributed by atoms with van der Waals surface area (Å²) in [5.41, 5.74) is 14.1. The first-order chi connectivity index (χ1) is 24.8. The van der Waals surface area contributed by atoms with Crippen LogP contribution in [0.25, 0.3) is 60.9 Å². The lowest BCUT2D eigenvalue weighted by Crippen LogP contribution is -2.09. The van der Waals surface area contributed by atoms with E-state index in [-0.39, 0.29) is 0 Å². The van der Waals surface area contributed by atoms with Crippen LogP contribution in [0.1, 0.15) is 0 Å². The molecular weight excluding hydrogens is 605 g/mol. The highest BCUT2D eigenvalue weighted by Crippen LogP contribution is 2.39. The quantitative estimate of drug-likeness (QED) is 0.169. The van der Waals surface area contributed by atoms with Gasteiger partial charge >= 0.3 is 0 Å². The van der Waals surface area contributed by atoms with Gasteiger partial charge in [-0.25, -0.2) is 0 Å². The molecule has 8 aromatic carbocycles. The molecular formula is C48H34N2. The highest BCUT2D eigenvalue weighted by atomic mass is 15.1. The number of anilines is 3. The molecule has 9 aromatic rings. The van der Waals surface area contributed by atoms with Crippen LogP contribution in [0.15, 0.2) is 206 Å². The maximum Gasteiger partial charge on any atom is 0.0547 e. The predicted octanol–water partition coefficient (Wildman–Crippen LogP) is 13.3. The van der Waals surface area contributed by atoms with Crippen molar-refractivity contribution in [3.05, 3.63) is 206 Å². The molecule has 0 unspecified atom stereocenters. The Morgan fingerprint density at radius 2 is 0.660 bits per heavy atom. The van der Waals surface area contributed by atoms with Crippen LogP contribution in [-0.2, 0) is 0 Å². The van der Waals surface area contributed by atoms with E-state index in [1.54, 1.807) is 0 Å². The third-order valence-corrected chi connectivity index (χ3v) is 9.57. The van der Waals surface area contributed by atoms with Gasteiger partial charge in [0.1, 0.15) is 0 Å². The lowest BCUT2D eigenvalue weighted by Gasteiger charge is -2.25. The number of fused-ring (bicyclic) bond motifs is 3. The fraction of sp³-hybridized carbons (Fsp3) is 0. The van der Waals surface area contributed by atoms with Gasteiger partial charge in [0.25, 0.3) is 0 Å². The first-order valence-electron chi connectivity index (χ1n) is 17.1. The SMILES string of the molecule is c1ccc(-c2ccc3c4ccc(-c5cccc(-c6ccc(N(c7ccccc7)c7ccccc7)cc6)c5)cc4n(-c4ccccc4)c3c2)cc1. The minimum atomic E-state index is 1.12. The van der Waals surface area contributed by atoms with Crippen LogP contribution in [0.5, 0.6) is 0 Å². The maximum atomic E-state index is 2.41. The monoisotopic (exact) mass is 638 g/mol. The van der Waals surface area contributed by atoms with Gasteiger partial charge in [-0.05, 0) is 100 Å². The molecule has 2 heteroatoms. The summed E-state index contributed by atoms with van der Waals surface area (Å²) in [6, 6.07) is 74.0. The zero-order valence-corrected chi connectivity index (χ0v) is 27.5. The maximum absolute atomic E-state index is 2.41. The van der Waals surface area contributed by atoms with Crippen molar-refractivity contribution in [1.29, 1.82) is 0 Å². The average Bonchev–Trinajstić information content (AvgIpc) is 3.53. The third kappa shape index (κ3) is 5.43. The molecule has 0 atom stereocenters. The number of hydrogen-bond donors (Lipinski definition) is 0. The summed E-state index contributed by atoms with van der Waals surface area (Å²) in [4.78, 5) is 2.30. The summed E-state index contributed by atoms with van der Waals surface area (Å²) >= 11 is 0. The molecule has 0 bridgehead atoms. The fourth-order valence-electron chi connectivity index (χ4n) is 7.15. The van der Waals surface area contributed by atoms with Crippen LogP contribution in [0.4, 0.5) is 17.1 Å². The first kappa shape index (κ1) is 29.5. The molecule has 9 rings (SSSR count). The molecule has 0 spiro atoms. The van der Waals surface area contributed by atoms with Crippen molar-refractivity contribution in [2.24, 2.45) is 0 Å². The van der Waals surface area contributed by atoms with Gasteiger partial charge in [-0.15, -0.1) is 0 Å². The predicted molar refractivity (Wildman–Crippen MR) is 212 cm³/mol. The van der Waals surface area contributed by atoms with Crippen LogP contribution in [0.2, 0.25) is 0 Å². The van der Waals surface area contributed by atoms with Crippen LogP contribution in [-0.4, -0.2) is 4.57 Å². The van der Waals surface area contributed by atoms with Crippen LogP contribution in [0.3, 0.4) is 0 Å². The van der Waals surface area contributed by atoms with Gasteiger partial charge in [0.2, 0.25) is 0 Å². The van der Waals surface area contributed by atoms with E-state index in [9.17, 15) is 0 Å². The molecule has 0 aliphatic carbocycles. The van der Waals surface area contributed by atoms with E-state index >= 15 is 0 Å². The standard InChI is InChI=1S/C48H34N2/c1-5-14-35(15-6-1)39-26-30-45-46-31-27-40(34-48(46)50(47(45)33-39)43-22-11-4-12-23-43)38-17-13-16-37(32-38)36-24-28-44(29-25-36)49(41-18-7-2-8-19-41)42-20-9-3-10-21-42/h1-34H. The Bertz CT molecular complexity index is 2510. The van der Waals surface area contributed by atoms with Gasteiger partial charge in [-0.2, -0.15) is 0 Å². The molecule has 0 aliphatic rings. The van der Waals surface area contributed by atoms with Gasteiger partial charge in [-0.3, -0.25) is 0 Å². The number of aromatic nitrogens is 1. The number of hydrogen-bond acceptors (Lipinski definition) is 1. The Morgan fingerprint density at radius 1 is 0.280 bits per heavy atom. The highest BCUT2D eigenvalue weighted by molar-refractivity contribution is 6.11. The molecule has 0 amide bonds. The van der Waals surface area contributed by atoms with Gasteiger partial charge in [-0.1, -0.05) is 140 Å². The van der Waals surface area contributed by atoms with Crippen LogP contribution >= 0.6 is 0 Å². The first-order valence-corrected chi connectivity index (χ1v) is 17.1. The molecule has 0 saturated carbocycles. The van der Waals surface area contributed by atoms with Gasteiger partial charge in [0.05, 0.1) is 11.0 Å². The van der Waals surface area contributed by atoms with Crippen molar-refractivity contribution < 1.29 is 0 Å². The molecule has 0 fully saturated rings. The van der Waals surface area contributed by atoms with Gasteiger partial charge in [0.15, 0.2) is 0 Å². The summed E-state index contributed by atoms with van der Waals surface area (Å²) in [5, 5.41) is 2.50. The van der Waals surface area contributed by atoms with E-state index in [1.807, 2.05) is 0 Å². The molecule has 2 nitrogen and oxygen atoms in total. The van der Waals surface area contributed by atoms with E-state index < -0.39 is 0 Å². The number of para-hydroxylation sites is 3. The van der Waals surface area contributed by atoms with Gasteiger partial charge in [0, 0.05) is 33.5 Å². The second kappa shape index (κ2) is 12.8. The van der Waals surface area contributed by atoms with Crippen molar-refractivity contribution in [1.82, 2.24) is 4.57 Å². The van der Waals surface area contributed by atoms with Crippen molar-refractivity contribution >= 4 is 38.9 Å². The van der Waals surface area contributed by atoms with Gasteiger partial charge < -0.3 is 9.47 Å². The minimum Gasteiger partial charge on any atom is -0.311 e. The lowest BCUT2D eigenvalue weighted by molar-refractivity contribution is 1.18. The van der Waals surface area contributed by atoms with E-state index in [1.165, 1.54) is 55.2 Å². The van der Waals surface area contributed by atoms with Crippen molar-refractivity contribution in [3.63, 3.8) is 0 Å². The highest BCUT2D eigenvalue weighted by Gasteiger charge is 2.16. The summed E-state index contributed by atoms with van der Waals surface area (Å²) in [6.07, 6.45) is 0. The molecule has 1 aromatic heterocycles. The number of rotatable bonds is 7. The third-order valence-electron chi connectivity index (χ3n) is 9.57. The Labute approximate surface area is 292 Å². The lowest BCUT2D eigenvalue weighted by atomic mass is 9.98. The zero-order chi connectivity index (χ0) is 33.3. The minimum absolute atomic E-state index is 1.12. The molecule has 0 N–H and O–H groups in total. The topological polar surface area (TPSA) is 8.17 Å². The summed E-state index contributed by atoms with van der Waals surface area (Å²) in [5.74, 6) is 0. The molecule has 50 heavy (non-hydrogen) atoms. The average molecular weight is 639 g/mol. The Kier molecular flexibility index (Phi) is 7.53. The van der Waals surface area contributed by atoms with Crippen LogP contribution < -0.4 is 4.90 Å². The number of benzene rings is 8. The second-order valence-electron chi connectivity index (χ2n) is 12.6. The zero-order valence-electron chi connectivity index (χ0n) is 27.5. The summed E-state index contributed by atoms with van der Waals surface area (Å²) in [7, 11) is 0. The summed E-state index contributed by atoms with van der Waals surface area (Å²) in [6.45, 7) is 0. The van der Waals surface area contributed by atoms with E-state index in [0.29, 0.717) is 0 Å². The van der Waals surface area contributed by atoms with Crippen LogP contribution in [0, 0.1) is 0 Å². The smallest absolute Gasteiger partial charge is 0.0547 e. The number of nitrogens with zero attached hydrogens (tertiary/aromatic N) is 2. The Hall–Kier alpha value is -6.64. The molecule has 1 heterocycles. The largest absolute Gasteiger partial charge is 0.311 e. The Morgan fingerprint density at radius 3 is 1.22 bits per heavy atom. The second-order valence-corrected chi connectivity index (χ2v) is 12.6. The molecule has 0 radical (unpaired) electrons. The molecule has 0 saturated heterocycles. The molecule has 236 valence electrons.